The van der Waals surface area contributed by atoms with Crippen LogP contribution >= 0.6 is 11.6 Å². The van der Waals surface area contributed by atoms with Crippen molar-refractivity contribution < 1.29 is 54.6 Å². The summed E-state index contributed by atoms with van der Waals surface area (Å²) in [7, 11) is -4.43. The van der Waals surface area contributed by atoms with Crippen molar-refractivity contribution in [1.29, 1.82) is 0 Å². The van der Waals surface area contributed by atoms with E-state index < -0.39 is 105 Å². The third-order valence-electron chi connectivity index (χ3n) is 13.0. The average molecular weight is 896 g/mol. The number of halogens is 5. The van der Waals surface area contributed by atoms with Crippen LogP contribution in [-0.4, -0.2) is 93.1 Å². The summed E-state index contributed by atoms with van der Waals surface area (Å²) in [5.74, 6) is -5.40. The number of aryl methyl sites for hydroxylation is 1. The van der Waals surface area contributed by atoms with Crippen molar-refractivity contribution in [3.8, 4) is 5.88 Å². The van der Waals surface area contributed by atoms with E-state index in [2.05, 4.69) is 14.7 Å². The zero-order chi connectivity index (χ0) is 44.4. The molecular formula is C42H50ClF4N5O8S. The van der Waals surface area contributed by atoms with Crippen LogP contribution in [0.2, 0.25) is 5.02 Å². The quantitative estimate of drug-likeness (QED) is 0.134. The minimum atomic E-state index is -4.90. The number of nitrogens with one attached hydrogen (secondary N) is 1. The number of Topliss-reactive ketones (excluding diaryl/α,β-unsaturated/α-hetero) is 1. The van der Waals surface area contributed by atoms with E-state index in [4.69, 9.17) is 21.1 Å². The molecular weight excluding hydrogens is 846 g/mol. The van der Waals surface area contributed by atoms with E-state index in [-0.39, 0.29) is 44.0 Å². The van der Waals surface area contributed by atoms with Crippen molar-refractivity contribution in [3.63, 3.8) is 0 Å². The summed E-state index contributed by atoms with van der Waals surface area (Å²) in [4.78, 5) is 67.4. The number of sulfonamides is 1. The Morgan fingerprint density at radius 1 is 1.10 bits per heavy atom. The van der Waals surface area contributed by atoms with E-state index in [9.17, 15) is 45.2 Å². The van der Waals surface area contributed by atoms with Crippen LogP contribution in [0.4, 0.5) is 17.6 Å². The smallest absolute Gasteiger partial charge is 0.427 e. The molecule has 2 aromatic heterocycles. The normalized spacial score (nSPS) is 29.0. The van der Waals surface area contributed by atoms with Crippen LogP contribution < -0.4 is 9.46 Å². The van der Waals surface area contributed by atoms with Gasteiger partial charge in [0, 0.05) is 24.1 Å². The van der Waals surface area contributed by atoms with Crippen LogP contribution in [0.3, 0.4) is 0 Å². The maximum atomic E-state index is 14.9. The highest BCUT2D eigenvalue weighted by molar-refractivity contribution is 7.91. The molecule has 2 saturated carbocycles. The molecule has 3 fully saturated rings. The molecule has 0 bridgehead atoms. The van der Waals surface area contributed by atoms with Crippen LogP contribution in [0.5, 0.6) is 5.88 Å². The second-order valence-corrected chi connectivity index (χ2v) is 20.6. The molecule has 332 valence electrons. The van der Waals surface area contributed by atoms with E-state index in [1.54, 1.807) is 48.7 Å². The third kappa shape index (κ3) is 8.72. The van der Waals surface area contributed by atoms with Gasteiger partial charge in [-0.15, -0.1) is 0 Å². The van der Waals surface area contributed by atoms with Crippen molar-refractivity contribution in [1.82, 2.24) is 24.0 Å². The molecule has 7 atom stereocenters. The Labute approximate surface area is 356 Å². The van der Waals surface area contributed by atoms with Crippen LogP contribution in [0, 0.1) is 36.0 Å². The predicted molar refractivity (Wildman–Crippen MR) is 216 cm³/mol. The number of imidazole rings is 1. The van der Waals surface area contributed by atoms with Gasteiger partial charge in [-0.2, -0.15) is 18.2 Å². The van der Waals surface area contributed by atoms with Gasteiger partial charge in [-0.3, -0.25) is 28.3 Å². The first-order chi connectivity index (χ1) is 28.5. The number of alkyl halides is 4. The summed E-state index contributed by atoms with van der Waals surface area (Å²) >= 11 is 6.41. The number of ketones is 1. The number of carbonyl (C=O) groups excluding carboxylic acids is 4. The number of fused-ring (bicyclic) bond motifs is 5. The minimum Gasteiger partial charge on any atom is -0.472 e. The standard InChI is InChI=1S/C42H50ClF4N5O8S/c1-23-8-6-7-9-26-18-41(26,37(56)50-61(57,58)40(22-44)12-13-40)19-33(53)32-16-28(59-35-30-15-27(43)10-11-31(30)52-20-25(3)48-38(52)49-35)21-51(32)36(55)29(24(2)14-23)17-34(54)60-39(4,5)42(45,46)47/h7,9-11,15,20,23-24,26,28-29,32H,6,8,12-14,16-19,21-22H2,1-5H3,(H,50,56)/b9-7-/t23-,24-,26-,28-,29+,32+,41-/m1/s1. The summed E-state index contributed by atoms with van der Waals surface area (Å²) in [5, 5.41) is 0.880. The summed E-state index contributed by atoms with van der Waals surface area (Å²) in [6.07, 6.45) is 0.0784. The monoisotopic (exact) mass is 895 g/mol. The molecule has 19 heteroatoms. The fourth-order valence-electron chi connectivity index (χ4n) is 8.83. The lowest BCUT2D eigenvalue weighted by molar-refractivity contribution is -0.257. The Morgan fingerprint density at radius 2 is 1.82 bits per heavy atom. The minimum absolute atomic E-state index is 0.0324. The van der Waals surface area contributed by atoms with Crippen LogP contribution in [0.25, 0.3) is 16.7 Å². The predicted octanol–water partition coefficient (Wildman–Crippen LogP) is 7.01. The molecule has 0 radical (unpaired) electrons. The highest BCUT2D eigenvalue weighted by Crippen LogP contribution is 2.58. The number of esters is 1. The maximum absolute atomic E-state index is 14.9. The molecule has 4 aliphatic rings. The molecule has 1 saturated heterocycles. The number of rotatable bonds is 9. The molecule has 1 aromatic carbocycles. The highest BCUT2D eigenvalue weighted by Gasteiger charge is 2.63. The average Bonchev–Trinajstić information content (AvgIpc) is 4.03. The Bertz CT molecular complexity index is 2400. The summed E-state index contributed by atoms with van der Waals surface area (Å²) in [5.41, 5.74) is -3.04. The van der Waals surface area contributed by atoms with Gasteiger partial charge in [0.2, 0.25) is 39.1 Å². The van der Waals surface area contributed by atoms with Gasteiger partial charge in [0.05, 0.1) is 46.9 Å². The molecule has 3 aromatic rings. The molecule has 4 heterocycles. The Kier molecular flexibility index (Phi) is 11.8. The van der Waals surface area contributed by atoms with Gasteiger partial charge < -0.3 is 14.4 Å². The molecule has 13 nitrogen and oxygen atoms in total. The molecule has 1 N–H and O–H groups in total. The number of ether oxygens (including phenoxy) is 2. The number of carbonyl (C=O) groups is 4. The van der Waals surface area contributed by atoms with Gasteiger partial charge in [-0.25, -0.2) is 17.8 Å². The SMILES string of the molecule is Cc1cn2c(n1)nc(O[C@@H]1C[C@H]3C(=O)C[C@]4(C(=O)NS(=O)(=O)C5(CF)CC5)C[C@H]4/C=C\CC[C@@H](C)C[C@@H](C)[C@H](CC(=O)OC(C)(C)C(F)(F)F)C(=O)N3C1)c1cc(Cl)ccc12. The Balaban J connectivity index is 1.26. The van der Waals surface area contributed by atoms with Crippen LogP contribution in [0.15, 0.2) is 36.5 Å². The summed E-state index contributed by atoms with van der Waals surface area (Å²) in [6, 6.07) is 3.84. The van der Waals surface area contributed by atoms with Crippen molar-refractivity contribution in [2.24, 2.45) is 29.1 Å². The Hall–Kier alpha value is -4.32. The van der Waals surface area contributed by atoms with Gasteiger partial charge in [0.1, 0.15) is 17.5 Å². The highest BCUT2D eigenvalue weighted by atomic mass is 35.5. The first-order valence-electron chi connectivity index (χ1n) is 20.5. The number of benzene rings is 1. The number of nitrogens with zero attached hydrogens (tertiary/aromatic N) is 4. The first kappa shape index (κ1) is 44.7. The zero-order valence-electron chi connectivity index (χ0n) is 34.6. The van der Waals surface area contributed by atoms with Gasteiger partial charge in [-0.05, 0) is 95.2 Å². The lowest BCUT2D eigenvalue weighted by atomic mass is 9.82. The van der Waals surface area contributed by atoms with Gasteiger partial charge in [0.25, 0.3) is 0 Å². The molecule has 7 rings (SSSR count). The molecule has 0 spiro atoms. The van der Waals surface area contributed by atoms with Crippen molar-refractivity contribution in [2.75, 3.05) is 13.2 Å². The van der Waals surface area contributed by atoms with E-state index >= 15 is 0 Å². The number of allylic oxidation sites excluding steroid dienone is 2. The second-order valence-electron chi connectivity index (χ2n) is 18.1. The maximum Gasteiger partial charge on any atom is 0.427 e. The van der Waals surface area contributed by atoms with E-state index in [1.807, 2.05) is 13.0 Å². The molecule has 2 amide bonds. The van der Waals surface area contributed by atoms with E-state index in [1.165, 1.54) is 4.90 Å². The largest absolute Gasteiger partial charge is 0.472 e. The number of amides is 2. The van der Waals surface area contributed by atoms with Gasteiger partial charge >= 0.3 is 12.1 Å². The summed E-state index contributed by atoms with van der Waals surface area (Å²) < 4.78 is 95.4. The van der Waals surface area contributed by atoms with E-state index in [0.717, 1.165) is 13.8 Å². The van der Waals surface area contributed by atoms with Crippen molar-refractivity contribution in [3.05, 3.63) is 47.3 Å². The number of hydrogen-bond acceptors (Lipinski definition) is 10. The van der Waals surface area contributed by atoms with Crippen LogP contribution in [-0.2, 0) is 33.9 Å². The number of hydrogen-bond donors (Lipinski definition) is 1. The topological polar surface area (TPSA) is 166 Å². The fourth-order valence-corrected chi connectivity index (χ4v) is 10.5. The second kappa shape index (κ2) is 16.1. The van der Waals surface area contributed by atoms with Crippen molar-refractivity contribution >= 4 is 61.9 Å². The molecule has 2 aliphatic heterocycles. The first-order valence-corrected chi connectivity index (χ1v) is 22.4. The summed E-state index contributed by atoms with van der Waals surface area (Å²) in [6.45, 7) is 5.52. The van der Waals surface area contributed by atoms with Crippen molar-refractivity contribution in [2.45, 2.75) is 121 Å². The van der Waals surface area contributed by atoms with Crippen LogP contribution in [0.1, 0.15) is 91.2 Å². The Morgan fingerprint density at radius 3 is 2.49 bits per heavy atom. The number of aromatic nitrogens is 3. The molecule has 0 unspecified atom stereocenters. The lowest BCUT2D eigenvalue weighted by Gasteiger charge is -2.33. The molecule has 61 heavy (non-hydrogen) atoms. The zero-order valence-corrected chi connectivity index (χ0v) is 36.1. The fraction of sp³-hybridized carbons (Fsp3) is 0.619. The third-order valence-corrected chi connectivity index (χ3v) is 15.3. The van der Waals surface area contributed by atoms with Gasteiger partial charge in [0.15, 0.2) is 5.78 Å². The molecule has 2 aliphatic carbocycles. The lowest BCUT2D eigenvalue weighted by Crippen LogP contribution is -2.49. The van der Waals surface area contributed by atoms with Gasteiger partial charge in [-0.1, -0.05) is 37.6 Å². The van der Waals surface area contributed by atoms with E-state index in [0.29, 0.717) is 46.7 Å².